The summed E-state index contributed by atoms with van der Waals surface area (Å²) < 4.78 is 5.52. The molecule has 0 saturated carbocycles. The zero-order valence-corrected chi connectivity index (χ0v) is 20.0. The van der Waals surface area contributed by atoms with Crippen LogP contribution in [0.4, 0.5) is 0 Å². The number of carbonyl (C=O) groups excluding carboxylic acids is 1. The zero-order chi connectivity index (χ0) is 20.4. The van der Waals surface area contributed by atoms with Gasteiger partial charge in [0, 0.05) is 45.4 Å². The number of ether oxygens (including phenoxy) is 1. The van der Waals surface area contributed by atoms with Gasteiger partial charge in [-0.15, -0.1) is 24.8 Å². The van der Waals surface area contributed by atoms with Gasteiger partial charge < -0.3 is 20.4 Å². The van der Waals surface area contributed by atoms with Crippen molar-refractivity contribution < 1.29 is 9.53 Å². The summed E-state index contributed by atoms with van der Waals surface area (Å²) in [5, 5.41) is 0. The number of aryl methyl sites for hydroxylation is 1. The summed E-state index contributed by atoms with van der Waals surface area (Å²) in [5.41, 5.74) is 9.49. The number of imidazole rings is 1. The summed E-state index contributed by atoms with van der Waals surface area (Å²) in [5.74, 6) is 1.00. The highest BCUT2D eigenvalue weighted by Crippen LogP contribution is 2.24. The second-order valence-corrected chi connectivity index (χ2v) is 8.73. The molecule has 7 nitrogen and oxygen atoms in total. The number of aromatic amines is 1. The number of halogens is 2. The van der Waals surface area contributed by atoms with Gasteiger partial charge in [-0.25, -0.2) is 4.98 Å². The molecule has 2 saturated heterocycles. The Morgan fingerprint density at radius 2 is 1.97 bits per heavy atom. The van der Waals surface area contributed by atoms with Crippen molar-refractivity contribution in [2.45, 2.75) is 51.2 Å². The highest BCUT2D eigenvalue weighted by atomic mass is 35.5. The number of nitrogens with two attached hydrogens (primary N) is 1. The number of aromatic nitrogens is 2. The topological polar surface area (TPSA) is 87.5 Å². The Labute approximate surface area is 196 Å². The predicted molar refractivity (Wildman–Crippen MR) is 128 cm³/mol. The maximum Gasteiger partial charge on any atom is 0.227 e. The Balaban J connectivity index is 0.00000171. The van der Waals surface area contributed by atoms with Crippen LogP contribution in [0.25, 0.3) is 11.0 Å². The quantitative estimate of drug-likeness (QED) is 0.715. The Bertz CT molecular complexity index is 856. The molecule has 2 atom stereocenters. The van der Waals surface area contributed by atoms with Crippen molar-refractivity contribution in [3.05, 3.63) is 29.6 Å². The van der Waals surface area contributed by atoms with E-state index in [-0.39, 0.29) is 42.7 Å². The molecule has 0 spiro atoms. The normalized spacial score (nSPS) is 22.9. The van der Waals surface area contributed by atoms with Crippen molar-refractivity contribution in [3.63, 3.8) is 0 Å². The van der Waals surface area contributed by atoms with E-state index in [1.807, 2.05) is 18.0 Å². The molecule has 3 N–H and O–H groups in total. The van der Waals surface area contributed by atoms with Crippen LogP contribution in [0.1, 0.15) is 37.1 Å². The summed E-state index contributed by atoms with van der Waals surface area (Å²) in [4.78, 5) is 25.5. The molecule has 9 heteroatoms. The van der Waals surface area contributed by atoms with Gasteiger partial charge in [0.05, 0.1) is 23.5 Å². The molecule has 1 aromatic carbocycles. The number of nitrogens with one attached hydrogen (secondary N) is 1. The number of likely N-dealkylation sites (tertiary alicyclic amines) is 1. The lowest BCUT2D eigenvalue weighted by Crippen LogP contribution is -2.47. The minimum absolute atomic E-state index is 0. The molecule has 2 aromatic rings. The fourth-order valence-corrected chi connectivity index (χ4v) is 4.67. The third-order valence-corrected chi connectivity index (χ3v) is 6.32. The van der Waals surface area contributed by atoms with Crippen LogP contribution in [-0.2, 0) is 16.1 Å². The van der Waals surface area contributed by atoms with E-state index in [1.165, 1.54) is 5.56 Å². The monoisotopic (exact) mass is 471 g/mol. The highest BCUT2D eigenvalue weighted by Gasteiger charge is 2.33. The van der Waals surface area contributed by atoms with Crippen LogP contribution in [0, 0.1) is 12.8 Å². The van der Waals surface area contributed by atoms with Crippen LogP contribution >= 0.6 is 24.8 Å². The van der Waals surface area contributed by atoms with Crippen LogP contribution < -0.4 is 5.73 Å². The van der Waals surface area contributed by atoms with Crippen molar-refractivity contribution in [1.82, 2.24) is 19.8 Å². The fraction of sp³-hybridized carbons (Fsp3) is 0.636. The molecule has 3 heterocycles. The molecular formula is C22H35Cl2N5O2. The summed E-state index contributed by atoms with van der Waals surface area (Å²) in [7, 11) is 1.88. The molecule has 2 fully saturated rings. The molecule has 0 bridgehead atoms. The van der Waals surface area contributed by atoms with Crippen molar-refractivity contribution in [2.75, 3.05) is 33.4 Å². The smallest absolute Gasteiger partial charge is 0.227 e. The summed E-state index contributed by atoms with van der Waals surface area (Å²) in [6.45, 7) is 5.84. The van der Waals surface area contributed by atoms with Crippen LogP contribution in [0.5, 0.6) is 0 Å². The standard InChI is InChI=1S/C22H33N5O2.2ClH/c1-15-3-6-19-20(11-15)25-21(24-19)14-26(2)22(28)16-4-5-17(23)13-27(12-16)18-7-9-29-10-8-18;;/h3,6,11,16-18H,4-5,7-10,12-14,23H2,1-2H3,(H,24,25);2*1H/t16-,17+;;/m1../s1. The number of hydrogen-bond acceptors (Lipinski definition) is 5. The average molecular weight is 472 g/mol. The van der Waals surface area contributed by atoms with Gasteiger partial charge in [0.15, 0.2) is 0 Å². The zero-order valence-electron chi connectivity index (χ0n) is 18.4. The van der Waals surface area contributed by atoms with Gasteiger partial charge in [0.2, 0.25) is 5.91 Å². The van der Waals surface area contributed by atoms with E-state index >= 15 is 0 Å². The minimum atomic E-state index is -0.0111. The van der Waals surface area contributed by atoms with Gasteiger partial charge >= 0.3 is 0 Å². The molecule has 1 aromatic heterocycles. The molecule has 1 amide bonds. The van der Waals surface area contributed by atoms with Crippen LogP contribution in [0.2, 0.25) is 0 Å². The van der Waals surface area contributed by atoms with E-state index in [2.05, 4.69) is 33.9 Å². The number of rotatable bonds is 4. The fourth-order valence-electron chi connectivity index (χ4n) is 4.67. The first kappa shape index (κ1) is 25.9. The Morgan fingerprint density at radius 3 is 2.71 bits per heavy atom. The minimum Gasteiger partial charge on any atom is -0.381 e. The van der Waals surface area contributed by atoms with E-state index in [4.69, 9.17) is 10.5 Å². The number of benzene rings is 1. The van der Waals surface area contributed by atoms with Crippen molar-refractivity contribution in [3.8, 4) is 0 Å². The Morgan fingerprint density at radius 1 is 1.23 bits per heavy atom. The number of hydrogen-bond donors (Lipinski definition) is 2. The van der Waals surface area contributed by atoms with Crippen LogP contribution in [-0.4, -0.2) is 71.1 Å². The van der Waals surface area contributed by atoms with Crippen LogP contribution in [0.15, 0.2) is 18.2 Å². The van der Waals surface area contributed by atoms with Crippen molar-refractivity contribution in [1.29, 1.82) is 0 Å². The number of carbonyl (C=O) groups is 1. The first-order chi connectivity index (χ1) is 14.0. The number of nitrogens with zero attached hydrogens (tertiary/aromatic N) is 3. The van der Waals surface area contributed by atoms with Gasteiger partial charge in [-0.2, -0.15) is 0 Å². The number of fused-ring (bicyclic) bond motifs is 1. The third-order valence-electron chi connectivity index (χ3n) is 6.32. The first-order valence-electron chi connectivity index (χ1n) is 10.8. The molecule has 174 valence electrons. The van der Waals surface area contributed by atoms with E-state index < -0.39 is 0 Å². The van der Waals surface area contributed by atoms with E-state index in [1.54, 1.807) is 0 Å². The molecule has 0 unspecified atom stereocenters. The molecule has 4 rings (SSSR count). The SMILES string of the molecule is Cc1ccc2nc(CN(C)C(=O)[C@@H]3CC[C@H](N)CN(C4CCOCC4)C3)[nH]c2c1.Cl.Cl. The van der Waals surface area contributed by atoms with Gasteiger partial charge in [0.25, 0.3) is 0 Å². The molecular weight excluding hydrogens is 437 g/mol. The van der Waals surface area contributed by atoms with Crippen molar-refractivity contribution in [2.24, 2.45) is 11.7 Å². The van der Waals surface area contributed by atoms with Gasteiger partial charge in [-0.1, -0.05) is 6.07 Å². The van der Waals surface area contributed by atoms with Gasteiger partial charge in [-0.3, -0.25) is 9.69 Å². The first-order valence-corrected chi connectivity index (χ1v) is 10.8. The Kier molecular flexibility index (Phi) is 9.58. The molecule has 31 heavy (non-hydrogen) atoms. The predicted octanol–water partition coefficient (Wildman–Crippen LogP) is 2.89. The van der Waals surface area contributed by atoms with E-state index in [0.29, 0.717) is 12.6 Å². The average Bonchev–Trinajstić information content (AvgIpc) is 3.00. The lowest BCUT2D eigenvalue weighted by Gasteiger charge is -2.36. The number of amides is 1. The molecule has 0 aliphatic carbocycles. The summed E-state index contributed by atoms with van der Waals surface area (Å²) >= 11 is 0. The second kappa shape index (κ2) is 11.5. The lowest BCUT2D eigenvalue weighted by molar-refractivity contribution is -0.135. The second-order valence-electron chi connectivity index (χ2n) is 8.73. The van der Waals surface area contributed by atoms with Crippen molar-refractivity contribution >= 4 is 41.8 Å². The maximum atomic E-state index is 13.3. The summed E-state index contributed by atoms with van der Waals surface area (Å²) in [6.07, 6.45) is 3.81. The number of H-pyrrole nitrogens is 1. The van der Waals surface area contributed by atoms with Gasteiger partial charge in [0.1, 0.15) is 5.82 Å². The summed E-state index contributed by atoms with van der Waals surface area (Å²) in [6, 6.07) is 6.78. The molecule has 2 aliphatic rings. The lowest BCUT2D eigenvalue weighted by atomic mass is 10.00. The van der Waals surface area contributed by atoms with Gasteiger partial charge in [-0.05, 0) is 50.3 Å². The van der Waals surface area contributed by atoms with Crippen LogP contribution in [0.3, 0.4) is 0 Å². The van der Waals surface area contributed by atoms with E-state index in [0.717, 1.165) is 68.8 Å². The highest BCUT2D eigenvalue weighted by molar-refractivity contribution is 5.85. The Hall–Kier alpha value is -1.38. The largest absolute Gasteiger partial charge is 0.381 e. The molecule has 2 aliphatic heterocycles. The van der Waals surface area contributed by atoms with E-state index in [9.17, 15) is 4.79 Å². The maximum absolute atomic E-state index is 13.3. The molecule has 0 radical (unpaired) electrons. The third kappa shape index (κ3) is 6.33.